The average Bonchev–Trinajstić information content (AvgIpc) is 2.74. The second-order valence-corrected chi connectivity index (χ2v) is 5.18. The number of rotatable bonds is 3. The molecular formula is C15H19N3O2. The van der Waals surface area contributed by atoms with Crippen molar-refractivity contribution in [1.82, 2.24) is 10.3 Å². The zero-order valence-electron chi connectivity index (χ0n) is 11.6. The Bertz CT molecular complexity index is 621. The topological polar surface area (TPSA) is 67.2 Å². The van der Waals surface area contributed by atoms with Crippen LogP contribution in [-0.2, 0) is 11.2 Å². The smallest absolute Gasteiger partial charge is 0.222 e. The molecule has 1 unspecified atom stereocenters. The maximum Gasteiger partial charge on any atom is 0.222 e. The van der Waals surface area contributed by atoms with E-state index in [4.69, 9.17) is 4.42 Å². The molecule has 3 rings (SSSR count). The lowest BCUT2D eigenvalue weighted by Crippen LogP contribution is -2.26. The molecule has 5 heteroatoms. The van der Waals surface area contributed by atoms with E-state index in [1.165, 1.54) is 0 Å². The third-order valence-electron chi connectivity index (χ3n) is 3.59. The molecule has 1 aliphatic rings. The van der Waals surface area contributed by atoms with Gasteiger partial charge in [0, 0.05) is 31.1 Å². The number of fused-ring (bicyclic) bond motifs is 1. The highest BCUT2D eigenvalue weighted by Gasteiger charge is 2.17. The molecule has 2 aromatic rings. The van der Waals surface area contributed by atoms with Crippen molar-refractivity contribution in [3.8, 4) is 0 Å². The number of nitrogens with zero attached hydrogens (tertiary/aromatic N) is 1. The molecule has 1 saturated heterocycles. The Labute approximate surface area is 117 Å². The van der Waals surface area contributed by atoms with Crippen LogP contribution >= 0.6 is 0 Å². The van der Waals surface area contributed by atoms with Crippen molar-refractivity contribution in [3.05, 3.63) is 24.1 Å². The zero-order chi connectivity index (χ0) is 13.9. The highest BCUT2D eigenvalue weighted by molar-refractivity contribution is 5.79. The van der Waals surface area contributed by atoms with Crippen LogP contribution in [0.4, 0.5) is 5.69 Å². The summed E-state index contributed by atoms with van der Waals surface area (Å²) in [5.74, 6) is 0.877. The number of benzene rings is 1. The summed E-state index contributed by atoms with van der Waals surface area (Å²) in [4.78, 5) is 16.0. The zero-order valence-corrected chi connectivity index (χ0v) is 11.6. The van der Waals surface area contributed by atoms with Crippen LogP contribution in [0.15, 0.2) is 22.6 Å². The van der Waals surface area contributed by atoms with Gasteiger partial charge >= 0.3 is 0 Å². The lowest BCUT2D eigenvalue weighted by atomic mass is 10.1. The standard InChI is InChI=1S/C15H19N3O2/c1-2-15-18-12-8-11(5-6-13(12)20-15)17-10-4-3-7-16-14(19)9-10/h5-6,8,10,17H,2-4,7,9H2,1H3,(H,16,19). The number of carbonyl (C=O) groups excluding carboxylic acids is 1. The van der Waals surface area contributed by atoms with Gasteiger partial charge in [-0.1, -0.05) is 6.92 Å². The van der Waals surface area contributed by atoms with E-state index in [0.29, 0.717) is 6.42 Å². The number of oxazole rings is 1. The van der Waals surface area contributed by atoms with E-state index < -0.39 is 0 Å². The minimum atomic E-state index is 0.121. The van der Waals surface area contributed by atoms with Crippen molar-refractivity contribution in [2.75, 3.05) is 11.9 Å². The van der Waals surface area contributed by atoms with Crippen LogP contribution in [0.1, 0.15) is 32.1 Å². The summed E-state index contributed by atoms with van der Waals surface area (Å²) >= 11 is 0. The summed E-state index contributed by atoms with van der Waals surface area (Å²) < 4.78 is 5.60. The number of hydrogen-bond acceptors (Lipinski definition) is 4. The third kappa shape index (κ3) is 2.76. The van der Waals surface area contributed by atoms with Gasteiger partial charge in [0.1, 0.15) is 5.52 Å². The average molecular weight is 273 g/mol. The Hall–Kier alpha value is -2.04. The fraction of sp³-hybridized carbons (Fsp3) is 0.467. The molecule has 20 heavy (non-hydrogen) atoms. The monoisotopic (exact) mass is 273 g/mol. The number of carbonyl (C=O) groups is 1. The second kappa shape index (κ2) is 5.53. The van der Waals surface area contributed by atoms with Crippen molar-refractivity contribution < 1.29 is 9.21 Å². The Balaban J connectivity index is 1.77. The van der Waals surface area contributed by atoms with Gasteiger partial charge in [0.25, 0.3) is 0 Å². The summed E-state index contributed by atoms with van der Waals surface area (Å²) in [7, 11) is 0. The summed E-state index contributed by atoms with van der Waals surface area (Å²) in [6.45, 7) is 2.80. The van der Waals surface area contributed by atoms with Crippen molar-refractivity contribution in [2.45, 2.75) is 38.6 Å². The van der Waals surface area contributed by atoms with Crippen LogP contribution in [0.5, 0.6) is 0 Å². The molecule has 0 spiro atoms. The first-order valence-corrected chi connectivity index (χ1v) is 7.17. The van der Waals surface area contributed by atoms with Crippen LogP contribution in [0.2, 0.25) is 0 Å². The predicted octanol–water partition coefficient (Wildman–Crippen LogP) is 2.47. The van der Waals surface area contributed by atoms with Crippen LogP contribution in [0.3, 0.4) is 0 Å². The molecule has 0 radical (unpaired) electrons. The molecule has 1 aromatic carbocycles. The molecule has 1 aromatic heterocycles. The lowest BCUT2D eigenvalue weighted by molar-refractivity contribution is -0.120. The minimum absolute atomic E-state index is 0.121. The maximum atomic E-state index is 11.6. The first-order valence-electron chi connectivity index (χ1n) is 7.17. The molecule has 5 nitrogen and oxygen atoms in total. The Morgan fingerprint density at radius 3 is 3.25 bits per heavy atom. The second-order valence-electron chi connectivity index (χ2n) is 5.18. The number of hydrogen-bond donors (Lipinski definition) is 2. The normalized spacial score (nSPS) is 19.6. The van der Waals surface area contributed by atoms with Crippen molar-refractivity contribution >= 4 is 22.7 Å². The van der Waals surface area contributed by atoms with Gasteiger partial charge in [0.05, 0.1) is 0 Å². The van der Waals surface area contributed by atoms with Crippen LogP contribution in [-0.4, -0.2) is 23.5 Å². The predicted molar refractivity (Wildman–Crippen MR) is 77.7 cm³/mol. The molecule has 1 aliphatic heterocycles. The molecule has 0 aliphatic carbocycles. The van der Waals surface area contributed by atoms with Gasteiger partial charge in [-0.25, -0.2) is 4.98 Å². The van der Waals surface area contributed by atoms with E-state index in [-0.39, 0.29) is 11.9 Å². The molecule has 1 atom stereocenters. The van der Waals surface area contributed by atoms with Crippen molar-refractivity contribution in [2.24, 2.45) is 0 Å². The number of aromatic nitrogens is 1. The SMILES string of the molecule is CCc1nc2cc(NC3CCCNC(=O)C3)ccc2o1. The molecule has 2 N–H and O–H groups in total. The van der Waals surface area contributed by atoms with E-state index in [1.807, 2.05) is 25.1 Å². The molecule has 0 bridgehead atoms. The van der Waals surface area contributed by atoms with Gasteiger partial charge in [0.2, 0.25) is 5.91 Å². The first kappa shape index (κ1) is 13.0. The van der Waals surface area contributed by atoms with Gasteiger partial charge in [-0.05, 0) is 31.0 Å². The number of aryl methyl sites for hydroxylation is 1. The van der Waals surface area contributed by atoms with Gasteiger partial charge in [-0.15, -0.1) is 0 Å². The summed E-state index contributed by atoms with van der Waals surface area (Å²) in [5.41, 5.74) is 2.67. The molecule has 1 fully saturated rings. The fourth-order valence-electron chi connectivity index (χ4n) is 2.55. The van der Waals surface area contributed by atoms with E-state index in [9.17, 15) is 4.79 Å². The van der Waals surface area contributed by atoms with E-state index in [0.717, 1.165) is 48.5 Å². The van der Waals surface area contributed by atoms with E-state index in [1.54, 1.807) is 0 Å². The molecule has 1 amide bonds. The van der Waals surface area contributed by atoms with E-state index in [2.05, 4.69) is 15.6 Å². The van der Waals surface area contributed by atoms with Gasteiger partial charge < -0.3 is 15.1 Å². The maximum absolute atomic E-state index is 11.6. The molecule has 0 saturated carbocycles. The van der Waals surface area contributed by atoms with Gasteiger partial charge in [-0.3, -0.25) is 4.79 Å². The summed E-state index contributed by atoms with van der Waals surface area (Å²) in [6, 6.07) is 6.09. The lowest BCUT2D eigenvalue weighted by Gasteiger charge is -2.16. The Kier molecular flexibility index (Phi) is 3.58. The van der Waals surface area contributed by atoms with Crippen molar-refractivity contribution in [3.63, 3.8) is 0 Å². The number of anilines is 1. The fourth-order valence-corrected chi connectivity index (χ4v) is 2.55. The highest BCUT2D eigenvalue weighted by Crippen LogP contribution is 2.22. The van der Waals surface area contributed by atoms with Crippen LogP contribution in [0.25, 0.3) is 11.1 Å². The number of amides is 1. The van der Waals surface area contributed by atoms with Gasteiger partial charge in [-0.2, -0.15) is 0 Å². The molecular weight excluding hydrogens is 254 g/mol. The number of nitrogens with one attached hydrogen (secondary N) is 2. The van der Waals surface area contributed by atoms with Crippen LogP contribution < -0.4 is 10.6 Å². The minimum Gasteiger partial charge on any atom is -0.441 e. The quantitative estimate of drug-likeness (QED) is 0.901. The Morgan fingerprint density at radius 2 is 2.40 bits per heavy atom. The van der Waals surface area contributed by atoms with Crippen molar-refractivity contribution in [1.29, 1.82) is 0 Å². The highest BCUT2D eigenvalue weighted by atomic mass is 16.3. The Morgan fingerprint density at radius 1 is 1.50 bits per heavy atom. The largest absolute Gasteiger partial charge is 0.441 e. The molecule has 2 heterocycles. The first-order chi connectivity index (χ1) is 9.74. The summed E-state index contributed by atoms with van der Waals surface area (Å²) in [6.07, 6.45) is 3.32. The summed E-state index contributed by atoms with van der Waals surface area (Å²) in [5, 5.41) is 6.32. The van der Waals surface area contributed by atoms with Crippen LogP contribution in [0, 0.1) is 0 Å². The third-order valence-corrected chi connectivity index (χ3v) is 3.59. The van der Waals surface area contributed by atoms with E-state index >= 15 is 0 Å². The molecule has 106 valence electrons. The van der Waals surface area contributed by atoms with Gasteiger partial charge in [0.15, 0.2) is 11.5 Å².